The predicted octanol–water partition coefficient (Wildman–Crippen LogP) is 4.69. The third-order valence-corrected chi connectivity index (χ3v) is 7.71. The number of nitrogens with one attached hydrogen (secondary N) is 1. The maximum Gasteiger partial charge on any atom is 0.318 e. The molecular formula is C30H29FN10O2. The van der Waals surface area contributed by atoms with Gasteiger partial charge in [0.05, 0.1) is 42.6 Å². The normalized spacial score (nSPS) is 14.3. The highest BCUT2D eigenvalue weighted by molar-refractivity contribution is 6.04. The number of halogens is 1. The SMILES string of the molecule is COc1nccc(N2Cc3cc(F)c(C(=O)Nc4cccc(-c5nncn5C(C)C)n4)cc3-n3cnc(C4CC4)c3C2)n1. The van der Waals surface area contributed by atoms with E-state index in [4.69, 9.17) is 9.72 Å². The molecule has 5 aromatic rings. The number of nitrogens with zero attached hydrogens (tertiary/aromatic N) is 9. The zero-order valence-electron chi connectivity index (χ0n) is 23.9. The minimum Gasteiger partial charge on any atom is -0.467 e. The molecule has 1 N–H and O–H groups in total. The molecule has 1 aromatic carbocycles. The third-order valence-electron chi connectivity index (χ3n) is 7.71. The Morgan fingerprint density at radius 2 is 1.95 bits per heavy atom. The molecule has 1 saturated carbocycles. The largest absolute Gasteiger partial charge is 0.467 e. The second-order valence-corrected chi connectivity index (χ2v) is 11.0. The molecule has 218 valence electrons. The summed E-state index contributed by atoms with van der Waals surface area (Å²) in [6.07, 6.45) is 7.19. The van der Waals surface area contributed by atoms with Crippen LogP contribution in [0.25, 0.3) is 17.2 Å². The number of fused-ring (bicyclic) bond motifs is 3. The van der Waals surface area contributed by atoms with Crippen LogP contribution in [0.15, 0.2) is 55.2 Å². The molecule has 2 aliphatic rings. The van der Waals surface area contributed by atoms with E-state index in [0.717, 1.165) is 24.2 Å². The van der Waals surface area contributed by atoms with Gasteiger partial charge in [-0.3, -0.25) is 4.79 Å². The fourth-order valence-electron chi connectivity index (χ4n) is 5.41. The van der Waals surface area contributed by atoms with Gasteiger partial charge in [-0.05, 0) is 62.6 Å². The molecule has 0 saturated heterocycles. The molecule has 0 spiro atoms. The predicted molar refractivity (Wildman–Crippen MR) is 156 cm³/mol. The van der Waals surface area contributed by atoms with E-state index in [9.17, 15) is 4.79 Å². The highest BCUT2D eigenvalue weighted by Gasteiger charge is 2.33. The van der Waals surface area contributed by atoms with Crippen LogP contribution in [0.2, 0.25) is 0 Å². The zero-order chi connectivity index (χ0) is 29.7. The van der Waals surface area contributed by atoms with E-state index in [1.54, 1.807) is 49.2 Å². The quantitative estimate of drug-likeness (QED) is 0.291. The smallest absolute Gasteiger partial charge is 0.318 e. The lowest BCUT2D eigenvalue weighted by Crippen LogP contribution is -2.23. The Bertz CT molecular complexity index is 1840. The molecule has 0 radical (unpaired) electrons. The first kappa shape index (κ1) is 26.7. The van der Waals surface area contributed by atoms with Crippen LogP contribution in [0.1, 0.15) is 66.0 Å². The number of imidazole rings is 1. The molecule has 1 amide bonds. The highest BCUT2D eigenvalue weighted by Crippen LogP contribution is 2.43. The fraction of sp³-hybridized carbons (Fsp3) is 0.300. The van der Waals surface area contributed by atoms with Crippen molar-refractivity contribution in [3.63, 3.8) is 0 Å². The van der Waals surface area contributed by atoms with E-state index in [2.05, 4.69) is 30.5 Å². The molecule has 0 atom stereocenters. The second kappa shape index (κ2) is 10.6. The van der Waals surface area contributed by atoms with Gasteiger partial charge in [0, 0.05) is 24.7 Å². The lowest BCUT2D eigenvalue weighted by molar-refractivity contribution is 0.102. The number of rotatable bonds is 7. The Balaban J connectivity index is 1.24. The van der Waals surface area contributed by atoms with Gasteiger partial charge in [0.25, 0.3) is 5.91 Å². The van der Waals surface area contributed by atoms with Crippen molar-refractivity contribution in [2.45, 2.75) is 51.7 Å². The Morgan fingerprint density at radius 3 is 2.74 bits per heavy atom. The van der Waals surface area contributed by atoms with E-state index in [-0.39, 0.29) is 23.4 Å². The number of hydrogen-bond donors (Lipinski definition) is 1. The van der Waals surface area contributed by atoms with Gasteiger partial charge in [0.15, 0.2) is 5.82 Å². The Labute approximate surface area is 246 Å². The summed E-state index contributed by atoms with van der Waals surface area (Å²) in [5.41, 5.74) is 3.84. The maximum atomic E-state index is 15.7. The molecule has 1 aliphatic carbocycles. The number of amides is 1. The van der Waals surface area contributed by atoms with Crippen LogP contribution in [0.4, 0.5) is 16.0 Å². The Hall–Kier alpha value is -5.20. The lowest BCUT2D eigenvalue weighted by atomic mass is 10.1. The average molecular weight is 581 g/mol. The second-order valence-electron chi connectivity index (χ2n) is 11.0. The summed E-state index contributed by atoms with van der Waals surface area (Å²) >= 11 is 0. The summed E-state index contributed by atoms with van der Waals surface area (Å²) in [4.78, 5) is 33.5. The molecular weight excluding hydrogens is 551 g/mol. The van der Waals surface area contributed by atoms with Crippen molar-refractivity contribution in [2.75, 3.05) is 17.3 Å². The molecule has 7 rings (SSSR count). The summed E-state index contributed by atoms with van der Waals surface area (Å²) in [6, 6.07) is 10.4. The van der Waals surface area contributed by atoms with Crippen LogP contribution in [-0.2, 0) is 13.1 Å². The molecule has 12 nitrogen and oxygen atoms in total. The topological polar surface area (TPSA) is 129 Å². The van der Waals surface area contributed by atoms with Gasteiger partial charge in [0.2, 0.25) is 0 Å². The number of methoxy groups -OCH3 is 1. The average Bonchev–Trinajstić information content (AvgIpc) is 3.61. The summed E-state index contributed by atoms with van der Waals surface area (Å²) in [7, 11) is 1.52. The van der Waals surface area contributed by atoms with Gasteiger partial charge >= 0.3 is 6.01 Å². The van der Waals surface area contributed by atoms with Crippen LogP contribution in [-0.4, -0.2) is 52.3 Å². The van der Waals surface area contributed by atoms with Gasteiger partial charge in [0.1, 0.15) is 29.5 Å². The molecule has 5 heterocycles. The lowest BCUT2D eigenvalue weighted by Gasteiger charge is -2.22. The molecule has 1 aliphatic heterocycles. The van der Waals surface area contributed by atoms with E-state index in [1.807, 2.05) is 27.9 Å². The fourth-order valence-corrected chi connectivity index (χ4v) is 5.41. The van der Waals surface area contributed by atoms with Crippen molar-refractivity contribution in [3.05, 3.63) is 83.6 Å². The summed E-state index contributed by atoms with van der Waals surface area (Å²) in [6.45, 7) is 4.90. The number of ether oxygens (including phenoxy) is 1. The van der Waals surface area contributed by atoms with Crippen LogP contribution < -0.4 is 15.0 Å². The Morgan fingerprint density at radius 1 is 1.09 bits per heavy atom. The van der Waals surface area contributed by atoms with Gasteiger partial charge in [-0.25, -0.2) is 19.3 Å². The molecule has 0 unspecified atom stereocenters. The van der Waals surface area contributed by atoms with E-state index < -0.39 is 11.7 Å². The third kappa shape index (κ3) is 4.96. The molecule has 43 heavy (non-hydrogen) atoms. The van der Waals surface area contributed by atoms with Crippen molar-refractivity contribution < 1.29 is 13.9 Å². The van der Waals surface area contributed by atoms with Crippen LogP contribution in [0.3, 0.4) is 0 Å². The monoisotopic (exact) mass is 580 g/mol. The first-order chi connectivity index (χ1) is 20.9. The summed E-state index contributed by atoms with van der Waals surface area (Å²) in [5.74, 6) is 0.642. The zero-order valence-corrected chi connectivity index (χ0v) is 23.9. The van der Waals surface area contributed by atoms with E-state index in [0.29, 0.717) is 47.6 Å². The number of anilines is 2. The first-order valence-electron chi connectivity index (χ1n) is 14.1. The van der Waals surface area contributed by atoms with Gasteiger partial charge < -0.3 is 24.1 Å². The van der Waals surface area contributed by atoms with Crippen molar-refractivity contribution in [2.24, 2.45) is 0 Å². The minimum atomic E-state index is -0.641. The van der Waals surface area contributed by atoms with E-state index in [1.165, 1.54) is 13.2 Å². The summed E-state index contributed by atoms with van der Waals surface area (Å²) < 4.78 is 24.8. The number of pyridine rings is 1. The molecule has 0 bridgehead atoms. The van der Waals surface area contributed by atoms with Gasteiger partial charge in [-0.1, -0.05) is 6.07 Å². The molecule has 13 heteroatoms. The van der Waals surface area contributed by atoms with Crippen LogP contribution in [0, 0.1) is 5.82 Å². The number of carbonyl (C=O) groups excluding carboxylic acids is 1. The molecule has 4 aromatic heterocycles. The van der Waals surface area contributed by atoms with Crippen LogP contribution >= 0.6 is 0 Å². The summed E-state index contributed by atoms with van der Waals surface area (Å²) in [5, 5.41) is 10.9. The molecule has 1 fully saturated rings. The van der Waals surface area contributed by atoms with Crippen molar-refractivity contribution >= 4 is 17.5 Å². The van der Waals surface area contributed by atoms with E-state index >= 15 is 4.39 Å². The maximum absolute atomic E-state index is 15.7. The Kier molecular flexibility index (Phi) is 6.56. The number of aromatic nitrogens is 8. The van der Waals surface area contributed by atoms with Gasteiger partial charge in [-0.15, -0.1) is 10.2 Å². The minimum absolute atomic E-state index is 0.0962. The standard InChI is InChI=1S/C30H29FN10O2/c1-17(2)40-16-34-38-28(40)22-5-4-6-25(35-22)36-29(42)20-12-23-19(11-21(20)31)13-39(26-9-10-32-30(37-26)43-3)14-24-27(18-7-8-18)33-15-41(23)24/h4-6,9-12,15-18H,7-8,13-14H2,1-3H3,(H,35,36,42). The number of benzene rings is 1. The van der Waals surface area contributed by atoms with Gasteiger partial charge in [-0.2, -0.15) is 4.98 Å². The first-order valence-corrected chi connectivity index (χ1v) is 14.1. The van der Waals surface area contributed by atoms with Crippen molar-refractivity contribution in [1.82, 2.24) is 39.3 Å². The number of carbonyl (C=O) groups is 1. The van der Waals surface area contributed by atoms with Crippen molar-refractivity contribution in [1.29, 1.82) is 0 Å². The van der Waals surface area contributed by atoms with Crippen molar-refractivity contribution in [3.8, 4) is 23.2 Å². The number of hydrogen-bond acceptors (Lipinski definition) is 9. The van der Waals surface area contributed by atoms with Crippen LogP contribution in [0.5, 0.6) is 6.01 Å². The highest BCUT2D eigenvalue weighted by atomic mass is 19.1.